The van der Waals surface area contributed by atoms with E-state index in [2.05, 4.69) is 5.16 Å². The second-order valence-corrected chi connectivity index (χ2v) is 3.46. The lowest BCUT2D eigenvalue weighted by atomic mass is 10.1. The van der Waals surface area contributed by atoms with Gasteiger partial charge in [-0.15, -0.1) is 0 Å². The Hall–Kier alpha value is -1.02. The van der Waals surface area contributed by atoms with Crippen molar-refractivity contribution in [3.05, 3.63) is 34.3 Å². The van der Waals surface area contributed by atoms with Crippen molar-refractivity contribution in [2.75, 3.05) is 7.11 Å². The van der Waals surface area contributed by atoms with Gasteiger partial charge in [0.2, 0.25) is 0 Å². The average Bonchev–Trinajstić information content (AvgIpc) is 2.49. The molecule has 0 radical (unpaired) electrons. The Morgan fingerprint density at radius 3 is 3.00 bits per heavy atom. The van der Waals surface area contributed by atoms with E-state index < -0.39 is 0 Å². The average molecular weight is 196 g/mol. The molecule has 0 amide bonds. The normalized spacial score (nSPS) is 17.5. The van der Waals surface area contributed by atoms with E-state index in [1.165, 1.54) is 11.1 Å². The molecule has 2 nitrogen and oxygen atoms in total. The third-order valence-corrected chi connectivity index (χ3v) is 2.45. The zero-order valence-electron chi connectivity index (χ0n) is 7.38. The van der Waals surface area contributed by atoms with Gasteiger partial charge in [0.15, 0.2) is 0 Å². The Kier molecular flexibility index (Phi) is 2.23. The van der Waals surface area contributed by atoms with Crippen LogP contribution in [-0.4, -0.2) is 12.8 Å². The van der Waals surface area contributed by atoms with Gasteiger partial charge in [-0.05, 0) is 30.5 Å². The Labute approximate surface area is 82.2 Å². The molecule has 0 bridgehead atoms. The smallest absolute Gasteiger partial charge is 0.106 e. The van der Waals surface area contributed by atoms with Gasteiger partial charge in [-0.25, -0.2) is 0 Å². The first-order valence-corrected chi connectivity index (χ1v) is 4.58. The van der Waals surface area contributed by atoms with Crippen LogP contribution in [0.2, 0.25) is 5.02 Å². The summed E-state index contributed by atoms with van der Waals surface area (Å²) in [6.45, 7) is 0. The fourth-order valence-corrected chi connectivity index (χ4v) is 1.84. The van der Waals surface area contributed by atoms with Gasteiger partial charge in [-0.2, -0.15) is 0 Å². The number of nitrogens with zero attached hydrogens (tertiary/aromatic N) is 1. The SMILES string of the molecule is CO/N=C1/CCc2cc(Cl)ccc21. The molecule has 0 aromatic heterocycles. The van der Waals surface area contributed by atoms with Crippen molar-refractivity contribution in [2.24, 2.45) is 5.16 Å². The van der Waals surface area contributed by atoms with Gasteiger partial charge in [-0.1, -0.05) is 22.8 Å². The van der Waals surface area contributed by atoms with E-state index in [0.29, 0.717) is 0 Å². The maximum Gasteiger partial charge on any atom is 0.106 e. The largest absolute Gasteiger partial charge is 0.399 e. The van der Waals surface area contributed by atoms with Gasteiger partial charge in [0.05, 0.1) is 5.71 Å². The predicted octanol–water partition coefficient (Wildman–Crippen LogP) is 2.64. The third kappa shape index (κ3) is 1.54. The predicted molar refractivity (Wildman–Crippen MR) is 53.3 cm³/mol. The van der Waals surface area contributed by atoms with Crippen molar-refractivity contribution in [1.29, 1.82) is 0 Å². The molecule has 1 aliphatic rings. The summed E-state index contributed by atoms with van der Waals surface area (Å²) in [6, 6.07) is 5.88. The lowest BCUT2D eigenvalue weighted by molar-refractivity contribution is 0.213. The number of fused-ring (bicyclic) bond motifs is 1. The van der Waals surface area contributed by atoms with Crippen molar-refractivity contribution < 1.29 is 4.84 Å². The van der Waals surface area contributed by atoms with Crippen LogP contribution in [0.25, 0.3) is 0 Å². The highest BCUT2D eigenvalue weighted by Crippen LogP contribution is 2.25. The lowest BCUT2D eigenvalue weighted by Crippen LogP contribution is -1.94. The molecule has 1 aromatic carbocycles. The van der Waals surface area contributed by atoms with E-state index in [-0.39, 0.29) is 0 Å². The molecule has 68 valence electrons. The molecule has 0 atom stereocenters. The highest BCUT2D eigenvalue weighted by atomic mass is 35.5. The van der Waals surface area contributed by atoms with Crippen LogP contribution in [0.4, 0.5) is 0 Å². The van der Waals surface area contributed by atoms with Gasteiger partial charge in [0.25, 0.3) is 0 Å². The molecule has 3 heteroatoms. The fourth-order valence-electron chi connectivity index (χ4n) is 1.64. The molecule has 0 N–H and O–H groups in total. The summed E-state index contributed by atoms with van der Waals surface area (Å²) in [5.41, 5.74) is 3.46. The number of halogens is 1. The molecule has 1 aromatic rings. The van der Waals surface area contributed by atoms with Gasteiger partial charge in [0.1, 0.15) is 7.11 Å². The van der Waals surface area contributed by atoms with E-state index in [9.17, 15) is 0 Å². The Bertz CT molecular complexity index is 360. The van der Waals surface area contributed by atoms with E-state index in [0.717, 1.165) is 23.6 Å². The molecule has 0 saturated carbocycles. The number of hydrogen-bond acceptors (Lipinski definition) is 2. The maximum absolute atomic E-state index is 5.88. The quantitative estimate of drug-likeness (QED) is 0.632. The van der Waals surface area contributed by atoms with E-state index in [4.69, 9.17) is 16.4 Å². The number of hydrogen-bond donors (Lipinski definition) is 0. The monoisotopic (exact) mass is 195 g/mol. The third-order valence-electron chi connectivity index (χ3n) is 2.21. The van der Waals surface area contributed by atoms with Crippen LogP contribution in [0.1, 0.15) is 17.5 Å². The summed E-state index contributed by atoms with van der Waals surface area (Å²) >= 11 is 5.88. The minimum absolute atomic E-state index is 0.789. The van der Waals surface area contributed by atoms with Crippen molar-refractivity contribution in [2.45, 2.75) is 12.8 Å². The van der Waals surface area contributed by atoms with E-state index in [1.807, 2.05) is 18.2 Å². The van der Waals surface area contributed by atoms with Gasteiger partial charge < -0.3 is 4.84 Å². The molecule has 1 aliphatic carbocycles. The van der Waals surface area contributed by atoms with Gasteiger partial charge in [0, 0.05) is 10.6 Å². The molecule has 0 spiro atoms. The minimum Gasteiger partial charge on any atom is -0.399 e. The van der Waals surface area contributed by atoms with Gasteiger partial charge >= 0.3 is 0 Å². The summed E-state index contributed by atoms with van der Waals surface area (Å²) in [6.07, 6.45) is 1.96. The summed E-state index contributed by atoms with van der Waals surface area (Å²) in [7, 11) is 1.57. The van der Waals surface area contributed by atoms with Crippen LogP contribution in [0, 0.1) is 0 Å². The van der Waals surface area contributed by atoms with Crippen molar-refractivity contribution in [1.82, 2.24) is 0 Å². The second kappa shape index (κ2) is 3.38. The molecule has 0 saturated heterocycles. The number of oxime groups is 1. The molecular weight excluding hydrogens is 186 g/mol. The van der Waals surface area contributed by atoms with Gasteiger partial charge in [-0.3, -0.25) is 0 Å². The van der Waals surface area contributed by atoms with Crippen LogP contribution >= 0.6 is 11.6 Å². The molecule has 0 heterocycles. The highest BCUT2D eigenvalue weighted by molar-refractivity contribution is 6.30. The molecule has 2 rings (SSSR count). The first-order chi connectivity index (χ1) is 6.31. The van der Waals surface area contributed by atoms with Crippen molar-refractivity contribution >= 4 is 17.3 Å². The minimum atomic E-state index is 0.789. The zero-order valence-corrected chi connectivity index (χ0v) is 8.14. The first-order valence-electron chi connectivity index (χ1n) is 4.20. The fraction of sp³-hybridized carbons (Fsp3) is 0.300. The Morgan fingerprint density at radius 2 is 2.23 bits per heavy atom. The van der Waals surface area contributed by atoms with Crippen LogP contribution in [0.15, 0.2) is 23.4 Å². The first kappa shape index (κ1) is 8.57. The number of benzene rings is 1. The van der Waals surface area contributed by atoms with E-state index >= 15 is 0 Å². The lowest BCUT2D eigenvalue weighted by Gasteiger charge is -1.99. The van der Waals surface area contributed by atoms with Crippen LogP contribution in [0.3, 0.4) is 0 Å². The summed E-state index contributed by atoms with van der Waals surface area (Å²) < 4.78 is 0. The molecule has 0 aliphatic heterocycles. The standard InChI is InChI=1S/C10H10ClNO/c1-13-12-10-5-2-7-6-8(11)3-4-9(7)10/h3-4,6H,2,5H2,1H3/b12-10-. The van der Waals surface area contributed by atoms with Crippen LogP contribution < -0.4 is 0 Å². The molecule has 0 fully saturated rings. The molecule has 0 unspecified atom stereocenters. The molecular formula is C10H10ClNO. The zero-order chi connectivity index (χ0) is 9.26. The number of rotatable bonds is 1. The van der Waals surface area contributed by atoms with Crippen molar-refractivity contribution in [3.8, 4) is 0 Å². The molecule has 13 heavy (non-hydrogen) atoms. The highest BCUT2D eigenvalue weighted by Gasteiger charge is 2.17. The van der Waals surface area contributed by atoms with Crippen molar-refractivity contribution in [3.63, 3.8) is 0 Å². The second-order valence-electron chi connectivity index (χ2n) is 3.02. The maximum atomic E-state index is 5.88. The van der Waals surface area contributed by atoms with Crippen LogP contribution in [-0.2, 0) is 11.3 Å². The summed E-state index contributed by atoms with van der Waals surface area (Å²) in [4.78, 5) is 4.77. The summed E-state index contributed by atoms with van der Waals surface area (Å²) in [5, 5.41) is 4.76. The summed E-state index contributed by atoms with van der Waals surface area (Å²) in [5.74, 6) is 0. The topological polar surface area (TPSA) is 21.6 Å². The van der Waals surface area contributed by atoms with Crippen LogP contribution in [0.5, 0.6) is 0 Å². The van der Waals surface area contributed by atoms with E-state index in [1.54, 1.807) is 7.11 Å². The Balaban J connectivity index is 2.44. The Morgan fingerprint density at radius 1 is 1.38 bits per heavy atom. The number of aryl methyl sites for hydroxylation is 1.